The van der Waals surface area contributed by atoms with E-state index in [0.717, 1.165) is 25.3 Å². The van der Waals surface area contributed by atoms with Crippen LogP contribution in [0.15, 0.2) is 24.3 Å². The van der Waals surface area contributed by atoms with Gasteiger partial charge < -0.3 is 9.84 Å². The maximum Gasteiger partial charge on any atom is 0.104 e. The van der Waals surface area contributed by atoms with Crippen LogP contribution in [0.4, 0.5) is 0 Å². The van der Waals surface area contributed by atoms with Gasteiger partial charge in [0.1, 0.15) is 6.61 Å². The summed E-state index contributed by atoms with van der Waals surface area (Å²) in [6.07, 6.45) is 5.53. The third-order valence-electron chi connectivity index (χ3n) is 4.47. The summed E-state index contributed by atoms with van der Waals surface area (Å²) < 4.78 is 5.93. The highest BCUT2D eigenvalue weighted by atomic mass is 16.5. The van der Waals surface area contributed by atoms with Crippen molar-refractivity contribution in [3.05, 3.63) is 35.4 Å². The van der Waals surface area contributed by atoms with Crippen molar-refractivity contribution in [2.75, 3.05) is 19.8 Å². The van der Waals surface area contributed by atoms with Gasteiger partial charge in [-0.2, -0.15) is 0 Å². The molecule has 2 fully saturated rings. The summed E-state index contributed by atoms with van der Waals surface area (Å²) in [5.74, 6) is 5.70. The molecule has 1 aromatic rings. The molecule has 3 nitrogen and oxygen atoms in total. The maximum absolute atomic E-state index is 8.79. The van der Waals surface area contributed by atoms with E-state index in [9.17, 15) is 0 Å². The van der Waals surface area contributed by atoms with Gasteiger partial charge in [0.25, 0.3) is 0 Å². The first-order valence-corrected chi connectivity index (χ1v) is 7.91. The topological polar surface area (TPSA) is 32.7 Å². The average Bonchev–Trinajstić information content (AvgIpc) is 2.54. The van der Waals surface area contributed by atoms with Gasteiger partial charge in [0, 0.05) is 24.7 Å². The van der Waals surface area contributed by atoms with Gasteiger partial charge >= 0.3 is 0 Å². The van der Waals surface area contributed by atoms with Crippen LogP contribution < -0.4 is 0 Å². The Labute approximate surface area is 126 Å². The first kappa shape index (κ1) is 14.6. The fourth-order valence-electron chi connectivity index (χ4n) is 3.50. The predicted octanol–water partition coefficient (Wildman–Crippen LogP) is 2.17. The van der Waals surface area contributed by atoms with Crippen molar-refractivity contribution in [3.8, 4) is 11.8 Å². The maximum atomic E-state index is 8.79. The molecular formula is C18H23NO2. The minimum atomic E-state index is -0.0859. The Bertz CT molecular complexity index is 530. The summed E-state index contributed by atoms with van der Waals surface area (Å²) in [5.41, 5.74) is 2.28. The minimum absolute atomic E-state index is 0.0859. The fourth-order valence-corrected chi connectivity index (χ4v) is 3.50. The summed E-state index contributed by atoms with van der Waals surface area (Å²) in [6.45, 7) is 2.76. The number of ether oxygens (including phenoxy) is 1. The Balaban J connectivity index is 1.70. The molecule has 2 aliphatic rings. The van der Waals surface area contributed by atoms with E-state index >= 15 is 0 Å². The second kappa shape index (κ2) is 7.09. The summed E-state index contributed by atoms with van der Waals surface area (Å²) in [5, 5.41) is 8.79. The minimum Gasteiger partial charge on any atom is -0.384 e. The molecule has 1 saturated carbocycles. The number of aliphatic hydroxyl groups excluding tert-OH is 1. The second-order valence-electron chi connectivity index (χ2n) is 5.89. The molecule has 2 unspecified atom stereocenters. The molecule has 0 aromatic heterocycles. The molecule has 1 saturated heterocycles. The van der Waals surface area contributed by atoms with Crippen LogP contribution >= 0.6 is 0 Å². The van der Waals surface area contributed by atoms with Gasteiger partial charge in [0.2, 0.25) is 0 Å². The summed E-state index contributed by atoms with van der Waals surface area (Å²) in [4.78, 5) is 2.58. The lowest BCUT2D eigenvalue weighted by atomic mass is 9.90. The first-order valence-electron chi connectivity index (χ1n) is 7.91. The van der Waals surface area contributed by atoms with Crippen molar-refractivity contribution < 1.29 is 9.84 Å². The van der Waals surface area contributed by atoms with Gasteiger partial charge in [0.05, 0.1) is 12.7 Å². The normalized spacial score (nSPS) is 25.8. The number of hydrogen-bond donors (Lipinski definition) is 1. The Morgan fingerprint density at radius 1 is 1.29 bits per heavy atom. The van der Waals surface area contributed by atoms with Crippen LogP contribution in [-0.4, -0.2) is 41.9 Å². The lowest BCUT2D eigenvalue weighted by molar-refractivity contribution is -0.0911. The highest BCUT2D eigenvalue weighted by molar-refractivity contribution is 5.37. The molecule has 21 heavy (non-hydrogen) atoms. The molecule has 1 aliphatic carbocycles. The van der Waals surface area contributed by atoms with Crippen LogP contribution in [0.3, 0.4) is 0 Å². The molecule has 0 amide bonds. The third kappa shape index (κ3) is 3.65. The molecule has 0 bridgehead atoms. The van der Waals surface area contributed by atoms with Gasteiger partial charge in [-0.3, -0.25) is 4.90 Å². The van der Waals surface area contributed by atoms with E-state index < -0.39 is 0 Å². The van der Waals surface area contributed by atoms with Gasteiger partial charge in [0.15, 0.2) is 0 Å². The van der Waals surface area contributed by atoms with Crippen molar-refractivity contribution in [2.24, 2.45) is 0 Å². The van der Waals surface area contributed by atoms with E-state index in [2.05, 4.69) is 34.9 Å². The number of fused-ring (bicyclic) bond motifs is 1. The summed E-state index contributed by atoms with van der Waals surface area (Å²) >= 11 is 0. The molecule has 1 aromatic carbocycles. The SMILES string of the molecule is OCC#Cc1cccc(CN2CCOC3CCCCC32)c1. The fraction of sp³-hybridized carbons (Fsp3) is 0.556. The molecule has 1 N–H and O–H groups in total. The van der Waals surface area contributed by atoms with Gasteiger partial charge in [-0.1, -0.05) is 36.8 Å². The Kier molecular flexibility index (Phi) is 4.92. The standard InChI is InChI=1S/C18H23NO2/c20-11-4-7-15-5-3-6-16(13-15)14-19-10-12-21-18-9-2-1-8-17(18)19/h3,5-6,13,17-18,20H,1-2,8-12,14H2. The quantitative estimate of drug-likeness (QED) is 0.845. The lowest BCUT2D eigenvalue weighted by Gasteiger charge is -2.43. The van der Waals surface area contributed by atoms with Crippen LogP contribution in [0.1, 0.15) is 36.8 Å². The van der Waals surface area contributed by atoms with Crippen LogP contribution in [0.25, 0.3) is 0 Å². The molecule has 2 atom stereocenters. The molecule has 0 spiro atoms. The smallest absolute Gasteiger partial charge is 0.104 e. The molecule has 112 valence electrons. The van der Waals surface area contributed by atoms with Crippen LogP contribution in [-0.2, 0) is 11.3 Å². The van der Waals surface area contributed by atoms with E-state index in [4.69, 9.17) is 9.84 Å². The highest BCUT2D eigenvalue weighted by Gasteiger charge is 2.33. The predicted molar refractivity (Wildman–Crippen MR) is 82.8 cm³/mol. The third-order valence-corrected chi connectivity index (χ3v) is 4.47. The molecule has 3 heteroatoms. The number of nitrogens with zero attached hydrogens (tertiary/aromatic N) is 1. The first-order chi connectivity index (χ1) is 10.4. The molecular weight excluding hydrogens is 262 g/mol. The van der Waals surface area contributed by atoms with Crippen molar-refractivity contribution in [2.45, 2.75) is 44.4 Å². The second-order valence-corrected chi connectivity index (χ2v) is 5.89. The number of benzene rings is 1. The zero-order valence-corrected chi connectivity index (χ0v) is 12.4. The van der Waals surface area contributed by atoms with E-state index in [-0.39, 0.29) is 6.61 Å². The monoisotopic (exact) mass is 285 g/mol. The molecule has 1 aliphatic heterocycles. The van der Waals surface area contributed by atoms with Gasteiger partial charge in [-0.05, 0) is 30.5 Å². The number of morpholine rings is 1. The summed E-state index contributed by atoms with van der Waals surface area (Å²) in [7, 11) is 0. The van der Waals surface area contributed by atoms with Crippen molar-refractivity contribution in [1.82, 2.24) is 4.90 Å². The molecule has 0 radical (unpaired) electrons. The zero-order valence-electron chi connectivity index (χ0n) is 12.4. The van der Waals surface area contributed by atoms with Crippen LogP contribution in [0.5, 0.6) is 0 Å². The number of rotatable bonds is 2. The zero-order chi connectivity index (χ0) is 14.5. The van der Waals surface area contributed by atoms with Gasteiger partial charge in [-0.15, -0.1) is 0 Å². The van der Waals surface area contributed by atoms with Crippen LogP contribution in [0, 0.1) is 11.8 Å². The van der Waals surface area contributed by atoms with Crippen LogP contribution in [0.2, 0.25) is 0 Å². The molecule has 3 rings (SSSR count). The van der Waals surface area contributed by atoms with E-state index in [0.29, 0.717) is 12.1 Å². The van der Waals surface area contributed by atoms with Crippen molar-refractivity contribution in [3.63, 3.8) is 0 Å². The highest BCUT2D eigenvalue weighted by Crippen LogP contribution is 2.29. The van der Waals surface area contributed by atoms with Crippen molar-refractivity contribution >= 4 is 0 Å². The van der Waals surface area contributed by atoms with E-state index in [1.165, 1.54) is 31.2 Å². The average molecular weight is 285 g/mol. The van der Waals surface area contributed by atoms with Crippen molar-refractivity contribution in [1.29, 1.82) is 0 Å². The molecule has 1 heterocycles. The Morgan fingerprint density at radius 3 is 3.10 bits per heavy atom. The van der Waals surface area contributed by atoms with E-state index in [1.807, 2.05) is 6.07 Å². The van der Waals surface area contributed by atoms with Gasteiger partial charge in [-0.25, -0.2) is 0 Å². The Hall–Kier alpha value is -1.34. The largest absolute Gasteiger partial charge is 0.384 e. The van der Waals surface area contributed by atoms with E-state index in [1.54, 1.807) is 0 Å². The summed E-state index contributed by atoms with van der Waals surface area (Å²) in [6, 6.07) is 8.93. The lowest BCUT2D eigenvalue weighted by Crippen LogP contribution is -2.52. The number of aliphatic hydroxyl groups is 1. The Morgan fingerprint density at radius 2 is 2.19 bits per heavy atom. The number of hydrogen-bond acceptors (Lipinski definition) is 3.